The molecule has 0 radical (unpaired) electrons. The van der Waals surface area contributed by atoms with Crippen molar-refractivity contribution in [1.82, 2.24) is 9.97 Å². The Morgan fingerprint density at radius 3 is 1.72 bits per heavy atom. The smallest absolute Gasteiger partial charge is 0.160 e. The van der Waals surface area contributed by atoms with Gasteiger partial charge in [-0.25, -0.2) is 9.97 Å². The van der Waals surface area contributed by atoms with Crippen LogP contribution in [0.2, 0.25) is 0 Å². The van der Waals surface area contributed by atoms with E-state index in [1.165, 1.54) is 42.8 Å². The fourth-order valence-electron chi connectivity index (χ4n) is 5.66. The Bertz CT molecular complexity index is 2160. The first-order chi connectivity index (χ1) is 19.3. The molecule has 0 unspecified atom stereocenters. The van der Waals surface area contributed by atoms with Crippen LogP contribution in [0.25, 0.3) is 75.6 Å². The van der Waals surface area contributed by atoms with Crippen LogP contribution in [-0.2, 0) is 0 Å². The molecule has 0 aliphatic heterocycles. The fourth-order valence-corrected chi connectivity index (χ4v) is 6.96. The highest BCUT2D eigenvalue weighted by atomic mass is 32.1. The minimum absolute atomic E-state index is 0.750. The summed E-state index contributed by atoms with van der Waals surface area (Å²) in [5.74, 6) is 0.750. The summed E-state index contributed by atoms with van der Waals surface area (Å²) in [6.45, 7) is 0. The molecule has 0 N–H and O–H groups in total. The van der Waals surface area contributed by atoms with Gasteiger partial charge in [-0.1, -0.05) is 127 Å². The van der Waals surface area contributed by atoms with Gasteiger partial charge < -0.3 is 0 Å². The number of thiophene rings is 1. The highest BCUT2D eigenvalue weighted by molar-refractivity contribution is 7.27. The van der Waals surface area contributed by atoms with Crippen LogP contribution in [0.3, 0.4) is 0 Å². The molecule has 182 valence electrons. The van der Waals surface area contributed by atoms with Crippen molar-refractivity contribution >= 4 is 53.2 Å². The molecule has 0 fully saturated rings. The molecule has 0 aliphatic carbocycles. The molecule has 0 aliphatic rings. The van der Waals surface area contributed by atoms with Crippen molar-refractivity contribution in [2.45, 2.75) is 0 Å². The molecule has 2 nitrogen and oxygen atoms in total. The third-order valence-corrected chi connectivity index (χ3v) is 8.69. The second kappa shape index (κ2) is 8.87. The molecule has 0 saturated carbocycles. The first kappa shape index (κ1) is 22.2. The summed E-state index contributed by atoms with van der Waals surface area (Å²) in [5, 5.41) is 6.24. The molecule has 0 saturated heterocycles. The Balaban J connectivity index is 1.52. The van der Waals surface area contributed by atoms with E-state index in [1.54, 1.807) is 0 Å². The van der Waals surface area contributed by atoms with Crippen LogP contribution in [-0.4, -0.2) is 9.97 Å². The zero-order valence-corrected chi connectivity index (χ0v) is 21.8. The van der Waals surface area contributed by atoms with Crippen molar-refractivity contribution < 1.29 is 0 Å². The van der Waals surface area contributed by atoms with E-state index in [0.29, 0.717) is 0 Å². The van der Waals surface area contributed by atoms with Crippen LogP contribution in [0.4, 0.5) is 0 Å². The number of hydrogen-bond donors (Lipinski definition) is 0. The molecule has 0 spiro atoms. The van der Waals surface area contributed by atoms with E-state index in [2.05, 4.69) is 115 Å². The van der Waals surface area contributed by atoms with E-state index in [4.69, 9.17) is 9.97 Å². The number of aromatic nitrogens is 2. The monoisotopic (exact) mass is 514 g/mol. The van der Waals surface area contributed by atoms with Gasteiger partial charge in [-0.15, -0.1) is 11.3 Å². The lowest BCUT2D eigenvalue weighted by atomic mass is 9.97. The summed E-state index contributed by atoms with van der Waals surface area (Å²) in [4.78, 5) is 10.5. The van der Waals surface area contributed by atoms with Crippen LogP contribution < -0.4 is 0 Å². The first-order valence-electron chi connectivity index (χ1n) is 13.1. The average Bonchev–Trinajstić information content (AvgIpc) is 3.42. The van der Waals surface area contributed by atoms with Crippen LogP contribution in [0.1, 0.15) is 0 Å². The molecule has 0 amide bonds. The van der Waals surface area contributed by atoms with Gasteiger partial charge in [0, 0.05) is 26.6 Å². The van der Waals surface area contributed by atoms with Crippen LogP contribution in [0, 0.1) is 0 Å². The molecular formula is C36H22N2S. The number of nitrogens with zero attached hydrogens (tertiary/aromatic N) is 2. The second-order valence-corrected chi connectivity index (χ2v) is 10.8. The lowest BCUT2D eigenvalue weighted by Crippen LogP contribution is -1.94. The van der Waals surface area contributed by atoms with Crippen molar-refractivity contribution in [3.05, 3.63) is 133 Å². The van der Waals surface area contributed by atoms with Crippen molar-refractivity contribution in [1.29, 1.82) is 0 Å². The summed E-state index contributed by atoms with van der Waals surface area (Å²) in [5.41, 5.74) is 6.49. The summed E-state index contributed by atoms with van der Waals surface area (Å²) >= 11 is 1.81. The quantitative estimate of drug-likeness (QED) is 0.219. The van der Waals surface area contributed by atoms with Gasteiger partial charge >= 0.3 is 0 Å². The summed E-state index contributed by atoms with van der Waals surface area (Å²) in [7, 11) is 0. The highest BCUT2D eigenvalue weighted by Crippen LogP contribution is 2.46. The third-order valence-electron chi connectivity index (χ3n) is 7.47. The molecule has 2 aromatic heterocycles. The lowest BCUT2D eigenvalue weighted by molar-refractivity contribution is 1.24. The molecule has 0 atom stereocenters. The Hall–Kier alpha value is -4.86. The largest absolute Gasteiger partial charge is 0.226 e. The molecule has 39 heavy (non-hydrogen) atoms. The third kappa shape index (κ3) is 3.55. The SMILES string of the molecule is c1ccc(-c2cccc(-c3nc(-c4ccccc4)nc4c3sc3c5ccccc5c5ccccc5c43)c2)cc1. The molecule has 0 bridgehead atoms. The topological polar surface area (TPSA) is 25.8 Å². The van der Waals surface area contributed by atoms with Crippen molar-refractivity contribution in [2.24, 2.45) is 0 Å². The van der Waals surface area contributed by atoms with E-state index in [1.807, 2.05) is 29.5 Å². The van der Waals surface area contributed by atoms with Gasteiger partial charge in [-0.05, 0) is 33.4 Å². The molecule has 8 rings (SSSR count). The molecule has 8 aromatic rings. The maximum atomic E-state index is 5.26. The average molecular weight is 515 g/mol. The first-order valence-corrected chi connectivity index (χ1v) is 13.9. The van der Waals surface area contributed by atoms with Crippen molar-refractivity contribution in [3.8, 4) is 33.8 Å². The zero-order chi connectivity index (χ0) is 25.8. The van der Waals surface area contributed by atoms with Crippen molar-refractivity contribution in [3.63, 3.8) is 0 Å². The summed E-state index contributed by atoms with van der Waals surface area (Å²) in [6, 6.07) is 47.0. The Morgan fingerprint density at radius 1 is 0.410 bits per heavy atom. The molecule has 6 aromatic carbocycles. The predicted octanol–water partition coefficient (Wildman–Crippen LogP) is 10.2. The maximum Gasteiger partial charge on any atom is 0.160 e. The summed E-state index contributed by atoms with van der Waals surface area (Å²) < 4.78 is 2.38. The molecular weight excluding hydrogens is 492 g/mol. The number of rotatable bonds is 3. The van der Waals surface area contributed by atoms with Crippen LogP contribution in [0.15, 0.2) is 133 Å². The van der Waals surface area contributed by atoms with Gasteiger partial charge in [-0.3, -0.25) is 0 Å². The maximum absolute atomic E-state index is 5.26. The molecule has 3 heteroatoms. The Morgan fingerprint density at radius 2 is 0.974 bits per heavy atom. The van der Waals surface area contributed by atoms with E-state index in [-0.39, 0.29) is 0 Å². The standard InChI is InChI=1S/C36H22N2S/c1-3-12-23(13-4-1)25-16-11-17-26(22-25)32-35-33(38-36(37-32)24-14-5-2-6-15-24)31-29-20-9-7-18-27(29)28-19-8-10-21-30(28)34(31)39-35/h1-22H. The van der Waals surface area contributed by atoms with Crippen molar-refractivity contribution in [2.75, 3.05) is 0 Å². The Labute approximate surface area is 229 Å². The second-order valence-electron chi connectivity index (χ2n) is 9.78. The minimum atomic E-state index is 0.750. The minimum Gasteiger partial charge on any atom is -0.226 e. The van der Waals surface area contributed by atoms with Gasteiger partial charge in [0.2, 0.25) is 0 Å². The predicted molar refractivity (Wildman–Crippen MR) is 166 cm³/mol. The number of benzene rings is 6. The number of hydrogen-bond acceptors (Lipinski definition) is 3. The zero-order valence-electron chi connectivity index (χ0n) is 21.0. The van der Waals surface area contributed by atoms with Crippen LogP contribution >= 0.6 is 11.3 Å². The highest BCUT2D eigenvalue weighted by Gasteiger charge is 2.20. The van der Waals surface area contributed by atoms with E-state index in [0.717, 1.165) is 32.9 Å². The van der Waals surface area contributed by atoms with Crippen LogP contribution in [0.5, 0.6) is 0 Å². The fraction of sp³-hybridized carbons (Fsp3) is 0. The van der Waals surface area contributed by atoms with Gasteiger partial charge in [0.05, 0.1) is 15.9 Å². The van der Waals surface area contributed by atoms with E-state index >= 15 is 0 Å². The molecule has 2 heterocycles. The van der Waals surface area contributed by atoms with Gasteiger partial charge in [0.15, 0.2) is 5.82 Å². The van der Waals surface area contributed by atoms with E-state index < -0.39 is 0 Å². The van der Waals surface area contributed by atoms with Gasteiger partial charge in [-0.2, -0.15) is 0 Å². The van der Waals surface area contributed by atoms with Gasteiger partial charge in [0.1, 0.15) is 0 Å². The Kier molecular flexibility index (Phi) is 5.04. The summed E-state index contributed by atoms with van der Waals surface area (Å²) in [6.07, 6.45) is 0. The number of fused-ring (bicyclic) bond motifs is 8. The normalized spacial score (nSPS) is 11.6. The lowest BCUT2D eigenvalue weighted by Gasteiger charge is -2.09. The van der Waals surface area contributed by atoms with Gasteiger partial charge in [0.25, 0.3) is 0 Å². The van der Waals surface area contributed by atoms with E-state index in [9.17, 15) is 0 Å².